The van der Waals surface area contributed by atoms with Crippen LogP contribution in [0.1, 0.15) is 11.6 Å². The van der Waals surface area contributed by atoms with Gasteiger partial charge in [-0.2, -0.15) is 0 Å². The minimum absolute atomic E-state index is 0.235. The molecule has 2 N–H and O–H groups in total. The fourth-order valence-corrected chi connectivity index (χ4v) is 2.17. The number of carbonyl (C=O) groups excluding carboxylic acids is 1. The highest BCUT2D eigenvalue weighted by atomic mass is 16.4. The summed E-state index contributed by atoms with van der Waals surface area (Å²) in [6.07, 6.45) is 1.36. The molecule has 1 unspecified atom stereocenters. The van der Waals surface area contributed by atoms with Crippen molar-refractivity contribution in [2.24, 2.45) is 0 Å². The van der Waals surface area contributed by atoms with E-state index < -0.39 is 5.97 Å². The molecule has 7 nitrogen and oxygen atoms in total. The van der Waals surface area contributed by atoms with Crippen molar-refractivity contribution in [1.29, 1.82) is 0 Å². The van der Waals surface area contributed by atoms with E-state index in [0.29, 0.717) is 12.1 Å². The van der Waals surface area contributed by atoms with Crippen molar-refractivity contribution in [1.82, 2.24) is 15.2 Å². The zero-order valence-corrected chi connectivity index (χ0v) is 9.87. The normalized spacial score (nSPS) is 18.8. The molecule has 3 rings (SSSR count). The number of rotatable bonds is 3. The van der Waals surface area contributed by atoms with Gasteiger partial charge in [-0.15, -0.1) is 0 Å². The standard InChI is InChI=1S/C12H11N3O4/c16-11(17)5-15-4-9(14-12(15)18)7-1-2-8-10(3-7)19-6-13-8/h1-3,6,9H,4-5H2,(H,14,18)(H,16,17). The maximum absolute atomic E-state index is 11.6. The van der Waals surface area contributed by atoms with Crippen LogP contribution in [0.4, 0.5) is 4.79 Å². The van der Waals surface area contributed by atoms with Crippen LogP contribution in [0.15, 0.2) is 29.0 Å². The Morgan fingerprint density at radius 2 is 2.42 bits per heavy atom. The highest BCUT2D eigenvalue weighted by Crippen LogP contribution is 2.23. The van der Waals surface area contributed by atoms with Gasteiger partial charge in [-0.1, -0.05) is 6.07 Å². The molecular formula is C12H11N3O4. The molecule has 0 spiro atoms. The van der Waals surface area contributed by atoms with Crippen LogP contribution in [-0.2, 0) is 4.79 Å². The van der Waals surface area contributed by atoms with Crippen LogP contribution in [0.3, 0.4) is 0 Å². The predicted octanol–water partition coefficient (Wildman–Crippen LogP) is 0.979. The van der Waals surface area contributed by atoms with Gasteiger partial charge in [0.2, 0.25) is 0 Å². The van der Waals surface area contributed by atoms with Gasteiger partial charge in [0.05, 0.1) is 6.04 Å². The van der Waals surface area contributed by atoms with Crippen molar-refractivity contribution < 1.29 is 19.1 Å². The predicted molar refractivity (Wildman–Crippen MR) is 64.5 cm³/mol. The lowest BCUT2D eigenvalue weighted by molar-refractivity contribution is -0.137. The number of hydrogen-bond donors (Lipinski definition) is 2. The summed E-state index contributed by atoms with van der Waals surface area (Å²) in [6.45, 7) is 0.0255. The van der Waals surface area contributed by atoms with Crippen LogP contribution in [-0.4, -0.2) is 40.1 Å². The summed E-state index contributed by atoms with van der Waals surface area (Å²) in [7, 11) is 0. The molecule has 0 aliphatic carbocycles. The summed E-state index contributed by atoms with van der Waals surface area (Å²) in [5.41, 5.74) is 2.25. The number of carboxylic acid groups (broad SMARTS) is 1. The van der Waals surface area contributed by atoms with Gasteiger partial charge in [-0.3, -0.25) is 4.79 Å². The molecular weight excluding hydrogens is 250 g/mol. The Bertz CT molecular complexity index is 651. The lowest BCUT2D eigenvalue weighted by Gasteiger charge is -2.11. The third kappa shape index (κ3) is 2.10. The first kappa shape index (κ1) is 11.5. The van der Waals surface area contributed by atoms with E-state index in [1.165, 1.54) is 11.3 Å². The number of oxazole rings is 1. The Labute approximate surface area is 107 Å². The number of hydrogen-bond acceptors (Lipinski definition) is 4. The van der Waals surface area contributed by atoms with Crippen LogP contribution in [0.25, 0.3) is 11.1 Å². The van der Waals surface area contributed by atoms with E-state index in [9.17, 15) is 9.59 Å². The molecule has 1 aliphatic heterocycles. The number of amides is 2. The third-order valence-corrected chi connectivity index (χ3v) is 3.07. The van der Waals surface area contributed by atoms with E-state index >= 15 is 0 Å². The smallest absolute Gasteiger partial charge is 0.323 e. The molecule has 1 aliphatic rings. The number of carbonyl (C=O) groups is 2. The molecule has 1 aromatic heterocycles. The van der Waals surface area contributed by atoms with Crippen LogP contribution < -0.4 is 5.32 Å². The minimum Gasteiger partial charge on any atom is -0.480 e. The quantitative estimate of drug-likeness (QED) is 0.858. The Morgan fingerprint density at radius 3 is 3.21 bits per heavy atom. The number of carboxylic acids is 1. The minimum atomic E-state index is -1.03. The van der Waals surface area contributed by atoms with Crippen molar-refractivity contribution in [2.75, 3.05) is 13.1 Å². The van der Waals surface area contributed by atoms with E-state index in [1.54, 1.807) is 12.1 Å². The first-order valence-corrected chi connectivity index (χ1v) is 5.74. The number of benzene rings is 1. The average molecular weight is 261 g/mol. The second kappa shape index (κ2) is 4.27. The van der Waals surface area contributed by atoms with E-state index in [1.807, 2.05) is 6.07 Å². The maximum Gasteiger partial charge on any atom is 0.323 e. The van der Waals surface area contributed by atoms with Crippen molar-refractivity contribution in [3.63, 3.8) is 0 Å². The first-order valence-electron chi connectivity index (χ1n) is 5.74. The van der Waals surface area contributed by atoms with Crippen molar-refractivity contribution in [3.05, 3.63) is 30.2 Å². The number of nitrogens with one attached hydrogen (secondary N) is 1. The molecule has 19 heavy (non-hydrogen) atoms. The molecule has 1 atom stereocenters. The van der Waals surface area contributed by atoms with Crippen LogP contribution in [0.5, 0.6) is 0 Å². The zero-order chi connectivity index (χ0) is 13.4. The van der Waals surface area contributed by atoms with Gasteiger partial charge in [0.25, 0.3) is 0 Å². The number of urea groups is 1. The number of fused-ring (bicyclic) bond motifs is 1. The second-order valence-corrected chi connectivity index (χ2v) is 4.36. The molecule has 1 fully saturated rings. The monoisotopic (exact) mass is 261 g/mol. The Morgan fingerprint density at radius 1 is 1.58 bits per heavy atom. The van der Waals surface area contributed by atoms with Gasteiger partial charge < -0.3 is 19.7 Å². The van der Waals surface area contributed by atoms with Crippen molar-refractivity contribution in [2.45, 2.75) is 6.04 Å². The van der Waals surface area contributed by atoms with Gasteiger partial charge in [-0.25, -0.2) is 9.78 Å². The largest absolute Gasteiger partial charge is 0.480 e. The molecule has 1 saturated heterocycles. The summed E-state index contributed by atoms with van der Waals surface area (Å²) in [4.78, 5) is 27.5. The number of aliphatic carboxylic acids is 1. The Hall–Kier alpha value is -2.57. The Balaban J connectivity index is 1.83. The van der Waals surface area contributed by atoms with Gasteiger partial charge in [-0.05, 0) is 17.7 Å². The SMILES string of the molecule is O=C(O)CN1CC(c2ccc3ncoc3c2)NC1=O. The third-order valence-electron chi connectivity index (χ3n) is 3.07. The number of nitrogens with zero attached hydrogens (tertiary/aromatic N) is 2. The van der Waals surface area contributed by atoms with E-state index in [4.69, 9.17) is 9.52 Å². The van der Waals surface area contributed by atoms with E-state index in [2.05, 4.69) is 10.3 Å². The van der Waals surface area contributed by atoms with Crippen molar-refractivity contribution >= 4 is 23.1 Å². The molecule has 2 amide bonds. The first-order chi connectivity index (χ1) is 9.13. The van der Waals surface area contributed by atoms with E-state index in [0.717, 1.165) is 11.1 Å². The second-order valence-electron chi connectivity index (χ2n) is 4.36. The number of aromatic nitrogens is 1. The molecule has 2 heterocycles. The van der Waals surface area contributed by atoms with Gasteiger partial charge >= 0.3 is 12.0 Å². The summed E-state index contributed by atoms with van der Waals surface area (Å²) in [6, 6.07) is 4.85. The van der Waals surface area contributed by atoms with Gasteiger partial charge in [0.15, 0.2) is 12.0 Å². The van der Waals surface area contributed by atoms with Crippen LogP contribution in [0.2, 0.25) is 0 Å². The lowest BCUT2D eigenvalue weighted by atomic mass is 10.1. The lowest BCUT2D eigenvalue weighted by Crippen LogP contribution is -2.32. The van der Waals surface area contributed by atoms with E-state index in [-0.39, 0.29) is 18.6 Å². The fraction of sp³-hybridized carbons (Fsp3) is 0.250. The summed E-state index contributed by atoms with van der Waals surface area (Å²) >= 11 is 0. The Kier molecular flexibility index (Phi) is 2.59. The molecule has 7 heteroatoms. The highest BCUT2D eigenvalue weighted by molar-refractivity contribution is 5.82. The molecule has 0 bridgehead atoms. The zero-order valence-electron chi connectivity index (χ0n) is 9.87. The maximum atomic E-state index is 11.6. The fourth-order valence-electron chi connectivity index (χ4n) is 2.17. The molecule has 0 saturated carbocycles. The van der Waals surface area contributed by atoms with Crippen molar-refractivity contribution in [3.8, 4) is 0 Å². The topological polar surface area (TPSA) is 95.7 Å². The molecule has 1 aromatic carbocycles. The molecule has 2 aromatic rings. The summed E-state index contributed by atoms with van der Waals surface area (Å²) in [5.74, 6) is -1.03. The summed E-state index contributed by atoms with van der Waals surface area (Å²) in [5, 5.41) is 11.5. The van der Waals surface area contributed by atoms with Gasteiger partial charge in [0.1, 0.15) is 12.1 Å². The van der Waals surface area contributed by atoms with Crippen LogP contribution in [0, 0.1) is 0 Å². The summed E-state index contributed by atoms with van der Waals surface area (Å²) < 4.78 is 5.20. The van der Waals surface area contributed by atoms with Gasteiger partial charge in [0, 0.05) is 6.54 Å². The highest BCUT2D eigenvalue weighted by Gasteiger charge is 2.31. The molecule has 98 valence electrons. The average Bonchev–Trinajstić information content (AvgIpc) is 2.95. The molecule has 0 radical (unpaired) electrons. The van der Waals surface area contributed by atoms with Crippen LogP contribution >= 0.6 is 0 Å².